The van der Waals surface area contributed by atoms with E-state index in [0.29, 0.717) is 17.3 Å². The van der Waals surface area contributed by atoms with E-state index in [1.807, 2.05) is 31.2 Å². The van der Waals surface area contributed by atoms with E-state index in [0.717, 1.165) is 69.1 Å². The molecule has 0 spiro atoms. The lowest BCUT2D eigenvalue weighted by Gasteiger charge is -2.41. The van der Waals surface area contributed by atoms with Gasteiger partial charge in [0.25, 0.3) is 5.91 Å². The zero-order valence-electron chi connectivity index (χ0n) is 23.4. The summed E-state index contributed by atoms with van der Waals surface area (Å²) in [5.41, 5.74) is 4.30. The number of morpholine rings is 1. The molecule has 5 rings (SSSR count). The van der Waals surface area contributed by atoms with Crippen LogP contribution in [0.3, 0.4) is 0 Å². The van der Waals surface area contributed by atoms with Gasteiger partial charge in [0.15, 0.2) is 0 Å². The third-order valence-corrected chi connectivity index (χ3v) is 8.33. The first kappa shape index (κ1) is 27.0. The van der Waals surface area contributed by atoms with E-state index >= 15 is 0 Å². The minimum atomic E-state index is -0.578. The van der Waals surface area contributed by atoms with Gasteiger partial charge in [-0.1, -0.05) is 32.9 Å². The lowest BCUT2D eigenvalue weighted by atomic mass is 9.71. The Hall–Kier alpha value is -3.54. The fourth-order valence-corrected chi connectivity index (χ4v) is 5.77. The fraction of sp³-hybridized carbons (Fsp3) is 0.484. The van der Waals surface area contributed by atoms with Crippen LogP contribution in [0.4, 0.5) is 5.69 Å². The number of anilines is 1. The predicted molar refractivity (Wildman–Crippen MR) is 151 cm³/mol. The van der Waals surface area contributed by atoms with E-state index in [9.17, 15) is 10.1 Å². The van der Waals surface area contributed by atoms with Crippen LogP contribution in [0.25, 0.3) is 5.69 Å². The molecule has 1 aliphatic carbocycles. The van der Waals surface area contributed by atoms with Crippen molar-refractivity contribution in [3.05, 3.63) is 71.3 Å². The maximum atomic E-state index is 13.1. The van der Waals surface area contributed by atoms with Crippen LogP contribution in [0.1, 0.15) is 73.8 Å². The number of nitrogens with zero attached hydrogens (tertiary/aromatic N) is 5. The predicted octanol–water partition coefficient (Wildman–Crippen LogP) is 5.16. The number of carbonyl (C=O) groups excluding carboxylic acids is 1. The molecule has 2 aliphatic rings. The first-order chi connectivity index (χ1) is 18.7. The van der Waals surface area contributed by atoms with Crippen molar-refractivity contribution in [2.45, 2.75) is 70.3 Å². The van der Waals surface area contributed by atoms with Crippen molar-refractivity contribution in [3.8, 4) is 11.8 Å². The Bertz CT molecular complexity index is 1330. The highest BCUT2D eigenvalue weighted by Crippen LogP contribution is 2.40. The number of aromatic nitrogens is 3. The molecule has 8 heteroatoms. The number of nitriles is 1. The van der Waals surface area contributed by atoms with E-state index in [4.69, 9.17) is 4.74 Å². The van der Waals surface area contributed by atoms with Gasteiger partial charge in [-0.05, 0) is 67.9 Å². The Balaban J connectivity index is 1.24. The highest BCUT2D eigenvalue weighted by Gasteiger charge is 2.40. The molecule has 1 saturated carbocycles. The number of nitrogens with one attached hydrogen (secondary N) is 1. The molecular weight excluding hydrogens is 488 g/mol. The molecule has 1 N–H and O–H groups in total. The summed E-state index contributed by atoms with van der Waals surface area (Å²) >= 11 is 0. The number of hydrogen-bond donors (Lipinski definition) is 1. The molecule has 1 aliphatic heterocycles. The van der Waals surface area contributed by atoms with Gasteiger partial charge in [-0.25, -0.2) is 4.68 Å². The molecular formula is C31H38N6O2. The van der Waals surface area contributed by atoms with Crippen LogP contribution < -0.4 is 5.32 Å². The van der Waals surface area contributed by atoms with Crippen LogP contribution in [-0.4, -0.2) is 57.9 Å². The summed E-state index contributed by atoms with van der Waals surface area (Å²) in [4.78, 5) is 20.2. The zero-order chi connectivity index (χ0) is 27.6. The normalized spacial score (nSPS) is 22.3. The molecule has 1 amide bonds. The molecule has 39 heavy (non-hydrogen) atoms. The second-order valence-corrected chi connectivity index (χ2v) is 11.8. The fourth-order valence-electron chi connectivity index (χ4n) is 5.77. The zero-order valence-corrected chi connectivity index (χ0v) is 23.4. The van der Waals surface area contributed by atoms with Gasteiger partial charge in [-0.2, -0.15) is 10.4 Å². The molecule has 3 heterocycles. The van der Waals surface area contributed by atoms with Crippen LogP contribution in [0, 0.1) is 18.3 Å². The number of pyridine rings is 1. The number of carbonyl (C=O) groups is 1. The topological polar surface area (TPSA) is 96.1 Å². The van der Waals surface area contributed by atoms with Crippen LogP contribution in [0.5, 0.6) is 0 Å². The first-order valence-corrected chi connectivity index (χ1v) is 13.9. The molecule has 0 atom stereocenters. The second kappa shape index (κ2) is 10.9. The molecule has 1 aromatic carbocycles. The van der Waals surface area contributed by atoms with Gasteiger partial charge >= 0.3 is 0 Å². The van der Waals surface area contributed by atoms with Crippen LogP contribution >= 0.6 is 0 Å². The molecule has 3 aromatic rings. The van der Waals surface area contributed by atoms with Crippen molar-refractivity contribution in [2.24, 2.45) is 0 Å². The van der Waals surface area contributed by atoms with Gasteiger partial charge in [0.2, 0.25) is 0 Å². The molecule has 2 aromatic heterocycles. The second-order valence-electron chi connectivity index (χ2n) is 11.8. The summed E-state index contributed by atoms with van der Waals surface area (Å²) in [6, 6.07) is 15.1. The van der Waals surface area contributed by atoms with E-state index in [1.54, 1.807) is 17.1 Å². The van der Waals surface area contributed by atoms with Crippen LogP contribution in [-0.2, 0) is 15.6 Å². The Morgan fingerprint density at radius 3 is 2.36 bits per heavy atom. The van der Waals surface area contributed by atoms with Crippen molar-refractivity contribution in [3.63, 3.8) is 0 Å². The number of ether oxygens (including phenoxy) is 1. The molecule has 8 nitrogen and oxygen atoms in total. The molecule has 0 radical (unpaired) electrons. The van der Waals surface area contributed by atoms with Gasteiger partial charge in [0.05, 0.1) is 65.4 Å². The summed E-state index contributed by atoms with van der Waals surface area (Å²) in [5, 5.41) is 17.6. The number of rotatable bonds is 5. The summed E-state index contributed by atoms with van der Waals surface area (Å²) in [6.07, 6.45) is 6.80. The number of hydrogen-bond acceptors (Lipinski definition) is 6. The Kier molecular flexibility index (Phi) is 7.57. The molecule has 0 bridgehead atoms. The lowest BCUT2D eigenvalue weighted by molar-refractivity contribution is 0.00493. The molecule has 2 fully saturated rings. The Morgan fingerprint density at radius 1 is 1.08 bits per heavy atom. The summed E-state index contributed by atoms with van der Waals surface area (Å²) < 4.78 is 7.28. The maximum Gasteiger partial charge on any atom is 0.259 e. The van der Waals surface area contributed by atoms with Crippen molar-refractivity contribution in [1.29, 1.82) is 5.26 Å². The van der Waals surface area contributed by atoms with E-state index in [1.165, 1.54) is 5.56 Å². The minimum Gasteiger partial charge on any atom is -0.379 e. The van der Waals surface area contributed by atoms with Crippen molar-refractivity contribution >= 4 is 11.6 Å². The molecule has 204 valence electrons. The standard InChI is InChI=1S/C31H38N6O2/c1-22-27(20-34-37(22)26-8-5-23(6-9-26)30(2,3)4)29(38)35-24-7-10-28(33-19-24)31(21-32)13-11-25(12-14-31)36-15-17-39-18-16-36/h5-10,19-20,25H,11-18H2,1-4H3,(H,35,38)/t25-,31-. The van der Waals surface area contributed by atoms with Crippen LogP contribution in [0.2, 0.25) is 0 Å². The smallest absolute Gasteiger partial charge is 0.259 e. The quantitative estimate of drug-likeness (QED) is 0.493. The monoisotopic (exact) mass is 526 g/mol. The summed E-state index contributed by atoms with van der Waals surface area (Å²) in [6.45, 7) is 12.0. The summed E-state index contributed by atoms with van der Waals surface area (Å²) in [5.74, 6) is -0.236. The average Bonchev–Trinajstić information content (AvgIpc) is 3.35. The van der Waals surface area contributed by atoms with Crippen molar-refractivity contribution in [1.82, 2.24) is 19.7 Å². The van der Waals surface area contributed by atoms with E-state index in [-0.39, 0.29) is 11.3 Å². The Labute approximate surface area is 231 Å². The van der Waals surface area contributed by atoms with Gasteiger partial charge < -0.3 is 10.1 Å². The average molecular weight is 527 g/mol. The van der Waals surface area contributed by atoms with Crippen molar-refractivity contribution < 1.29 is 9.53 Å². The maximum absolute atomic E-state index is 13.1. The third kappa shape index (κ3) is 5.61. The highest BCUT2D eigenvalue weighted by atomic mass is 16.5. The molecule has 1 saturated heterocycles. The van der Waals surface area contributed by atoms with E-state index in [2.05, 4.69) is 59.3 Å². The van der Waals surface area contributed by atoms with Crippen LogP contribution in [0.15, 0.2) is 48.8 Å². The molecule has 0 unspecified atom stereocenters. The SMILES string of the molecule is Cc1c(C(=O)Nc2ccc([C@]3(C#N)CC[C@@H](N4CCOCC4)CC3)nc2)cnn1-c1ccc(C(C)(C)C)cc1. The van der Waals surface area contributed by atoms with Gasteiger partial charge in [-0.15, -0.1) is 0 Å². The number of amides is 1. The first-order valence-electron chi connectivity index (χ1n) is 13.9. The lowest BCUT2D eigenvalue weighted by Crippen LogP contribution is -2.47. The van der Waals surface area contributed by atoms with Gasteiger partial charge in [0, 0.05) is 19.1 Å². The third-order valence-electron chi connectivity index (χ3n) is 8.33. The van der Waals surface area contributed by atoms with Crippen molar-refractivity contribution in [2.75, 3.05) is 31.6 Å². The number of benzene rings is 1. The summed E-state index contributed by atoms with van der Waals surface area (Å²) in [7, 11) is 0. The van der Waals surface area contributed by atoms with E-state index < -0.39 is 5.41 Å². The largest absolute Gasteiger partial charge is 0.379 e. The Morgan fingerprint density at radius 2 is 1.77 bits per heavy atom. The van der Waals surface area contributed by atoms with Gasteiger partial charge in [0.1, 0.15) is 0 Å². The minimum absolute atomic E-state index is 0.0710. The highest BCUT2D eigenvalue weighted by molar-refractivity contribution is 6.04. The van der Waals surface area contributed by atoms with Gasteiger partial charge in [-0.3, -0.25) is 14.7 Å².